The van der Waals surface area contributed by atoms with Crippen molar-refractivity contribution in [3.05, 3.63) is 28.0 Å². The van der Waals surface area contributed by atoms with Crippen LogP contribution < -0.4 is 0 Å². The van der Waals surface area contributed by atoms with Crippen LogP contribution in [-0.4, -0.2) is 4.98 Å². The number of hydrogen-bond acceptors (Lipinski definition) is 1. The average molecular weight is 226 g/mol. The van der Waals surface area contributed by atoms with E-state index in [1.165, 1.54) is 6.07 Å². The molecule has 72 valence electrons. The van der Waals surface area contributed by atoms with E-state index in [4.69, 9.17) is 23.2 Å². The van der Waals surface area contributed by atoms with Crippen LogP contribution in [0, 0.1) is 6.92 Å². The van der Waals surface area contributed by atoms with E-state index in [0.717, 1.165) is 0 Å². The summed E-state index contributed by atoms with van der Waals surface area (Å²) < 4.78 is 24.4. The third kappa shape index (κ3) is 2.29. The number of rotatable bonds is 2. The molecule has 0 aromatic carbocycles. The second kappa shape index (κ2) is 4.20. The molecule has 0 aliphatic heterocycles. The predicted molar refractivity (Wildman–Crippen MR) is 48.5 cm³/mol. The topological polar surface area (TPSA) is 12.9 Å². The van der Waals surface area contributed by atoms with Crippen LogP contribution >= 0.6 is 23.2 Å². The first-order valence-corrected chi connectivity index (χ1v) is 4.47. The molecule has 0 N–H and O–H groups in total. The number of halogens is 4. The van der Waals surface area contributed by atoms with Crippen LogP contribution in [0.15, 0.2) is 6.07 Å². The molecule has 1 heterocycles. The van der Waals surface area contributed by atoms with Gasteiger partial charge < -0.3 is 0 Å². The fraction of sp³-hybridized carbons (Fsp3) is 0.375. The number of nitrogens with zero attached hydrogens (tertiary/aromatic N) is 1. The molecule has 0 saturated heterocycles. The fourth-order valence-electron chi connectivity index (χ4n) is 0.957. The highest BCUT2D eigenvalue weighted by atomic mass is 35.5. The maximum absolute atomic E-state index is 12.2. The second-order valence-electron chi connectivity index (χ2n) is 2.57. The molecule has 1 aromatic rings. The van der Waals surface area contributed by atoms with Crippen molar-refractivity contribution in [3.8, 4) is 0 Å². The van der Waals surface area contributed by atoms with Crippen molar-refractivity contribution in [2.45, 2.75) is 19.2 Å². The Balaban J connectivity index is 3.20. The minimum atomic E-state index is -2.60. The molecule has 0 saturated carbocycles. The molecule has 13 heavy (non-hydrogen) atoms. The lowest BCUT2D eigenvalue weighted by Crippen LogP contribution is -1.96. The van der Waals surface area contributed by atoms with Gasteiger partial charge in [0.05, 0.1) is 5.88 Å². The Morgan fingerprint density at radius 3 is 2.54 bits per heavy atom. The molecule has 0 atom stereocenters. The second-order valence-corrected chi connectivity index (χ2v) is 3.19. The van der Waals surface area contributed by atoms with Gasteiger partial charge in [-0.25, -0.2) is 13.8 Å². The summed E-state index contributed by atoms with van der Waals surface area (Å²) in [6, 6.07) is 1.30. The van der Waals surface area contributed by atoms with Gasteiger partial charge in [-0.1, -0.05) is 11.6 Å². The molecule has 0 unspecified atom stereocenters. The van der Waals surface area contributed by atoms with Crippen molar-refractivity contribution in [3.63, 3.8) is 0 Å². The summed E-state index contributed by atoms with van der Waals surface area (Å²) in [5, 5.41) is 0.0605. The largest absolute Gasteiger partial charge is 0.280 e. The lowest BCUT2D eigenvalue weighted by molar-refractivity contribution is 0.146. The molecule has 0 amide bonds. The molecule has 0 aliphatic rings. The zero-order valence-corrected chi connectivity index (χ0v) is 8.33. The molecular formula is C8H7Cl2F2N. The zero-order chi connectivity index (χ0) is 10.0. The number of alkyl halides is 3. The van der Waals surface area contributed by atoms with E-state index in [-0.39, 0.29) is 16.7 Å². The van der Waals surface area contributed by atoms with Crippen LogP contribution in [0.2, 0.25) is 5.15 Å². The van der Waals surface area contributed by atoms with E-state index in [0.29, 0.717) is 11.1 Å². The van der Waals surface area contributed by atoms with E-state index in [1.54, 1.807) is 6.92 Å². The Hall–Kier alpha value is -0.410. The molecule has 0 bridgehead atoms. The maximum Gasteiger partial charge on any atom is 0.280 e. The number of hydrogen-bond donors (Lipinski definition) is 0. The van der Waals surface area contributed by atoms with Crippen LogP contribution in [0.1, 0.15) is 23.2 Å². The summed E-state index contributed by atoms with van der Waals surface area (Å²) in [6.45, 7) is 1.68. The van der Waals surface area contributed by atoms with E-state index >= 15 is 0 Å². The van der Waals surface area contributed by atoms with Crippen molar-refractivity contribution >= 4 is 23.2 Å². The fourth-order valence-corrected chi connectivity index (χ4v) is 1.68. The molecule has 1 aromatic heterocycles. The quantitative estimate of drug-likeness (QED) is 0.553. The SMILES string of the molecule is Cc1cc(C(F)F)nc(Cl)c1CCl. The van der Waals surface area contributed by atoms with E-state index < -0.39 is 6.43 Å². The van der Waals surface area contributed by atoms with Crippen LogP contribution in [0.5, 0.6) is 0 Å². The minimum Gasteiger partial charge on any atom is -0.235 e. The van der Waals surface area contributed by atoms with E-state index in [9.17, 15) is 8.78 Å². The molecule has 1 rings (SSSR count). The third-order valence-electron chi connectivity index (χ3n) is 1.67. The van der Waals surface area contributed by atoms with Gasteiger partial charge in [0, 0.05) is 5.56 Å². The Bertz CT molecular complexity index is 292. The van der Waals surface area contributed by atoms with Crippen LogP contribution in [-0.2, 0) is 5.88 Å². The van der Waals surface area contributed by atoms with Gasteiger partial charge in [0.25, 0.3) is 6.43 Å². The van der Waals surface area contributed by atoms with Crippen LogP contribution in [0.25, 0.3) is 0 Å². The van der Waals surface area contributed by atoms with Crippen molar-refractivity contribution < 1.29 is 8.78 Å². The zero-order valence-electron chi connectivity index (χ0n) is 6.82. The Labute approximate surface area is 84.7 Å². The standard InChI is InChI=1S/C8H7Cl2F2N/c1-4-2-6(8(11)12)13-7(10)5(4)3-9/h2,8H,3H2,1H3. The van der Waals surface area contributed by atoms with Crippen LogP contribution in [0.4, 0.5) is 8.78 Å². The highest BCUT2D eigenvalue weighted by molar-refractivity contribution is 6.31. The Kier molecular flexibility index (Phi) is 3.45. The molecule has 0 aliphatic carbocycles. The average Bonchev–Trinajstić information content (AvgIpc) is 2.03. The summed E-state index contributed by atoms with van der Waals surface area (Å²) >= 11 is 11.2. The summed E-state index contributed by atoms with van der Waals surface area (Å²) in [7, 11) is 0. The lowest BCUT2D eigenvalue weighted by Gasteiger charge is -2.06. The van der Waals surface area contributed by atoms with Crippen molar-refractivity contribution in [2.24, 2.45) is 0 Å². The number of aryl methyl sites for hydroxylation is 1. The lowest BCUT2D eigenvalue weighted by atomic mass is 10.1. The third-order valence-corrected chi connectivity index (χ3v) is 2.25. The minimum absolute atomic E-state index is 0.0605. The van der Waals surface area contributed by atoms with Gasteiger partial charge in [-0.05, 0) is 18.6 Å². The van der Waals surface area contributed by atoms with Gasteiger partial charge >= 0.3 is 0 Å². The number of aromatic nitrogens is 1. The summed E-state index contributed by atoms with van der Waals surface area (Å²) in [5.41, 5.74) is 0.939. The maximum atomic E-state index is 12.2. The van der Waals surface area contributed by atoms with Gasteiger partial charge in [0.1, 0.15) is 10.8 Å². The summed E-state index contributed by atoms with van der Waals surface area (Å²) in [5.74, 6) is 0.182. The first-order valence-electron chi connectivity index (χ1n) is 3.56. The van der Waals surface area contributed by atoms with Crippen LogP contribution in [0.3, 0.4) is 0 Å². The van der Waals surface area contributed by atoms with Gasteiger partial charge in [-0.3, -0.25) is 0 Å². The van der Waals surface area contributed by atoms with Gasteiger partial charge in [-0.2, -0.15) is 0 Å². The molecule has 5 heteroatoms. The van der Waals surface area contributed by atoms with E-state index in [2.05, 4.69) is 4.98 Å². The normalized spacial score (nSPS) is 10.9. The highest BCUT2D eigenvalue weighted by Crippen LogP contribution is 2.25. The summed E-state index contributed by atoms with van der Waals surface area (Å²) in [6.07, 6.45) is -2.60. The van der Waals surface area contributed by atoms with Crippen molar-refractivity contribution in [1.82, 2.24) is 4.98 Å². The number of pyridine rings is 1. The monoisotopic (exact) mass is 225 g/mol. The van der Waals surface area contributed by atoms with Crippen molar-refractivity contribution in [1.29, 1.82) is 0 Å². The van der Waals surface area contributed by atoms with Gasteiger partial charge in [-0.15, -0.1) is 11.6 Å². The molecule has 0 radical (unpaired) electrons. The Morgan fingerprint density at radius 2 is 2.15 bits per heavy atom. The van der Waals surface area contributed by atoms with Gasteiger partial charge in [0.15, 0.2) is 0 Å². The molecule has 0 fully saturated rings. The van der Waals surface area contributed by atoms with Gasteiger partial charge in [0.2, 0.25) is 0 Å². The first-order chi connectivity index (χ1) is 6.06. The molecule has 0 spiro atoms. The first kappa shape index (κ1) is 10.7. The van der Waals surface area contributed by atoms with Crippen molar-refractivity contribution in [2.75, 3.05) is 0 Å². The predicted octanol–water partition coefficient (Wildman–Crippen LogP) is 3.72. The Morgan fingerprint density at radius 1 is 1.54 bits per heavy atom. The molecular weight excluding hydrogens is 219 g/mol. The summed E-state index contributed by atoms with van der Waals surface area (Å²) in [4.78, 5) is 3.54. The molecule has 1 nitrogen and oxygen atoms in total. The highest BCUT2D eigenvalue weighted by Gasteiger charge is 2.13. The smallest absolute Gasteiger partial charge is 0.235 e. The van der Waals surface area contributed by atoms with E-state index in [1.807, 2.05) is 0 Å².